The van der Waals surface area contributed by atoms with Crippen LogP contribution in [0.3, 0.4) is 0 Å². The van der Waals surface area contributed by atoms with Crippen LogP contribution >= 0.6 is 22.9 Å². The van der Waals surface area contributed by atoms with Gasteiger partial charge in [-0.3, -0.25) is 9.69 Å². The fourth-order valence-electron chi connectivity index (χ4n) is 5.34. The van der Waals surface area contributed by atoms with Crippen molar-refractivity contribution in [3.05, 3.63) is 83.1 Å². The van der Waals surface area contributed by atoms with Gasteiger partial charge in [-0.15, -0.1) is 22.9 Å². The number of thiophene rings is 1. The molecule has 0 aliphatic carbocycles. The van der Waals surface area contributed by atoms with Gasteiger partial charge in [0.05, 0.1) is 10.2 Å². The van der Waals surface area contributed by atoms with Crippen molar-refractivity contribution in [3.63, 3.8) is 0 Å². The molecular formula is C33H35ClN8O3S. The van der Waals surface area contributed by atoms with E-state index in [1.54, 1.807) is 11.1 Å². The van der Waals surface area contributed by atoms with Gasteiger partial charge in [-0.25, -0.2) is 19.7 Å². The number of nitrogens with two attached hydrogens (primary N) is 1. The highest BCUT2D eigenvalue weighted by molar-refractivity contribution is 7.17. The molecule has 0 spiro atoms. The highest BCUT2D eigenvalue weighted by atomic mass is 35.5. The molecule has 2 amide bonds. The lowest BCUT2D eigenvalue weighted by Gasteiger charge is -2.37. The van der Waals surface area contributed by atoms with Crippen molar-refractivity contribution < 1.29 is 14.3 Å². The average molecular weight is 659 g/mol. The maximum atomic E-state index is 12.9. The summed E-state index contributed by atoms with van der Waals surface area (Å²) < 4.78 is 6.29. The number of benzene rings is 2. The number of rotatable bonds is 7. The van der Waals surface area contributed by atoms with Crippen LogP contribution in [0.15, 0.2) is 66.2 Å². The molecule has 1 saturated heterocycles. The van der Waals surface area contributed by atoms with Crippen molar-refractivity contribution in [3.8, 4) is 0 Å². The molecule has 238 valence electrons. The molecule has 3 aromatic heterocycles. The average Bonchev–Trinajstić information content (AvgIpc) is 3.52. The molecule has 11 nitrogen and oxygen atoms in total. The number of carbonyl (C=O) groups is 2. The van der Waals surface area contributed by atoms with Crippen molar-refractivity contribution in [2.24, 2.45) is 0 Å². The molecule has 1 aliphatic rings. The number of nitrogen functional groups attached to an aromatic ring is 1. The van der Waals surface area contributed by atoms with Crippen molar-refractivity contribution in [2.45, 2.75) is 38.4 Å². The molecule has 0 saturated carbocycles. The van der Waals surface area contributed by atoms with E-state index >= 15 is 0 Å². The number of aromatic nitrogens is 3. The molecule has 4 heterocycles. The van der Waals surface area contributed by atoms with E-state index in [0.29, 0.717) is 43.3 Å². The zero-order valence-corrected chi connectivity index (χ0v) is 27.4. The predicted octanol–water partition coefficient (Wildman–Crippen LogP) is 6.29. The van der Waals surface area contributed by atoms with Crippen LogP contribution in [0.4, 0.5) is 22.1 Å². The topological polar surface area (TPSA) is 139 Å². The van der Waals surface area contributed by atoms with Gasteiger partial charge in [0.25, 0.3) is 5.91 Å². The normalized spacial score (nSPS) is 14.7. The second-order valence-corrected chi connectivity index (χ2v) is 13.3. The fraction of sp³-hybridized carbons (Fsp3) is 0.303. The molecule has 1 fully saturated rings. The first-order chi connectivity index (χ1) is 22.1. The minimum Gasteiger partial charge on any atom is -0.444 e. The van der Waals surface area contributed by atoms with E-state index in [1.807, 2.05) is 80.7 Å². The highest BCUT2D eigenvalue weighted by Gasteiger charge is 2.29. The summed E-state index contributed by atoms with van der Waals surface area (Å²) in [5, 5.41) is 10.1. The molecule has 46 heavy (non-hydrogen) atoms. The second kappa shape index (κ2) is 13.1. The Bertz CT molecular complexity index is 1900. The Kier molecular flexibility index (Phi) is 8.94. The highest BCUT2D eigenvalue weighted by Crippen LogP contribution is 2.31. The zero-order chi connectivity index (χ0) is 32.4. The lowest BCUT2D eigenvalue weighted by molar-refractivity contribution is 0.0133. The number of amides is 2. The van der Waals surface area contributed by atoms with E-state index < -0.39 is 11.5 Å². The lowest BCUT2D eigenvalue weighted by atomic mass is 10.1. The number of fused-ring (bicyclic) bond motifs is 2. The van der Waals surface area contributed by atoms with E-state index in [2.05, 4.69) is 30.5 Å². The van der Waals surface area contributed by atoms with Gasteiger partial charge in [0.1, 0.15) is 22.7 Å². The van der Waals surface area contributed by atoms with Gasteiger partial charge in [0.2, 0.25) is 5.82 Å². The Labute approximate surface area is 275 Å². The SMILES string of the molecule is CC(C)(C)OC(=O)N1CCN(C(Cl)c2cccc(Nc3nccc4c(CNC(=O)c5nc(N)c6sccc6n5)cccc34)c2)CC1. The van der Waals surface area contributed by atoms with Crippen LogP contribution in [0, 0.1) is 0 Å². The molecule has 13 heteroatoms. The monoisotopic (exact) mass is 658 g/mol. The minimum absolute atomic E-state index is 0.0371. The van der Waals surface area contributed by atoms with Gasteiger partial charge in [-0.05, 0) is 66.9 Å². The molecule has 6 rings (SSSR count). The van der Waals surface area contributed by atoms with Crippen LogP contribution in [0.25, 0.3) is 21.0 Å². The number of hydrogen-bond donors (Lipinski definition) is 3. The van der Waals surface area contributed by atoms with Crippen LogP contribution < -0.4 is 16.4 Å². The van der Waals surface area contributed by atoms with Gasteiger partial charge >= 0.3 is 6.09 Å². The van der Waals surface area contributed by atoms with Crippen LogP contribution in [0.2, 0.25) is 0 Å². The van der Waals surface area contributed by atoms with Crippen LogP contribution in [-0.2, 0) is 11.3 Å². The number of piperazine rings is 1. The molecular weight excluding hydrogens is 624 g/mol. The van der Waals surface area contributed by atoms with E-state index in [4.69, 9.17) is 22.1 Å². The lowest BCUT2D eigenvalue weighted by Crippen LogP contribution is -2.50. The predicted molar refractivity (Wildman–Crippen MR) is 182 cm³/mol. The molecule has 1 aliphatic heterocycles. The molecule has 1 unspecified atom stereocenters. The number of alkyl halides is 1. The van der Waals surface area contributed by atoms with E-state index in [9.17, 15) is 9.59 Å². The third-order valence-corrected chi connectivity index (χ3v) is 9.03. The molecule has 4 N–H and O–H groups in total. The number of anilines is 3. The van der Waals surface area contributed by atoms with Crippen molar-refractivity contribution in [1.29, 1.82) is 0 Å². The van der Waals surface area contributed by atoms with Crippen molar-refractivity contribution in [1.82, 2.24) is 30.1 Å². The Morgan fingerprint density at radius 2 is 1.83 bits per heavy atom. The summed E-state index contributed by atoms with van der Waals surface area (Å²) in [7, 11) is 0. The molecule has 0 radical (unpaired) electrons. The van der Waals surface area contributed by atoms with E-state index in [-0.39, 0.29) is 24.0 Å². The molecule has 5 aromatic rings. The van der Waals surface area contributed by atoms with E-state index in [0.717, 1.165) is 32.3 Å². The number of halogens is 1. The van der Waals surface area contributed by atoms with Crippen LogP contribution in [0.5, 0.6) is 0 Å². The largest absolute Gasteiger partial charge is 0.444 e. The summed E-state index contributed by atoms with van der Waals surface area (Å²) in [6.07, 6.45) is 1.44. The second-order valence-electron chi connectivity index (χ2n) is 12.0. The molecule has 2 aromatic carbocycles. The number of carbonyl (C=O) groups excluding carboxylic acids is 2. The first-order valence-electron chi connectivity index (χ1n) is 14.9. The number of hydrogen-bond acceptors (Lipinski definition) is 10. The molecule has 0 bridgehead atoms. The quantitative estimate of drug-likeness (QED) is 0.136. The minimum atomic E-state index is -0.530. The van der Waals surface area contributed by atoms with Crippen LogP contribution in [0.1, 0.15) is 48.0 Å². The first-order valence-corrected chi connectivity index (χ1v) is 16.3. The van der Waals surface area contributed by atoms with Crippen molar-refractivity contribution >= 4 is 73.3 Å². The Hall–Kier alpha value is -4.52. The number of pyridine rings is 1. The zero-order valence-electron chi connectivity index (χ0n) is 25.8. The van der Waals surface area contributed by atoms with Gasteiger partial charge in [-0.1, -0.05) is 30.3 Å². The standard InChI is InChI=1S/C33H35ClN8O3S/c1-33(2,3)45-32(44)42-15-13-41(14-16-42)27(34)20-6-4-8-22(18-20)38-29-24-9-5-7-21(23(24)10-12-36-29)19-37-31(43)30-39-25-11-17-46-26(25)28(35)40-30/h4-12,17-18,27H,13-16,19H2,1-3H3,(H,36,38)(H,37,43)(H2,35,39,40). The Morgan fingerprint density at radius 1 is 1.04 bits per heavy atom. The number of ether oxygens (including phenoxy) is 1. The van der Waals surface area contributed by atoms with Crippen molar-refractivity contribution in [2.75, 3.05) is 37.2 Å². The number of nitrogens with zero attached hydrogens (tertiary/aromatic N) is 5. The fourth-order valence-corrected chi connectivity index (χ4v) is 6.40. The summed E-state index contributed by atoms with van der Waals surface area (Å²) in [6.45, 7) is 8.23. The third kappa shape index (κ3) is 6.99. The van der Waals surface area contributed by atoms with Crippen LogP contribution in [-0.4, -0.2) is 68.5 Å². The maximum absolute atomic E-state index is 12.9. The van der Waals surface area contributed by atoms with Gasteiger partial charge in [0.15, 0.2) is 0 Å². The Morgan fingerprint density at radius 3 is 2.61 bits per heavy atom. The smallest absolute Gasteiger partial charge is 0.410 e. The summed E-state index contributed by atoms with van der Waals surface area (Å²) in [5.41, 5.74) is 8.49. The molecule has 1 atom stereocenters. The van der Waals surface area contributed by atoms with E-state index in [1.165, 1.54) is 11.3 Å². The maximum Gasteiger partial charge on any atom is 0.410 e. The summed E-state index contributed by atoms with van der Waals surface area (Å²) in [4.78, 5) is 42.4. The summed E-state index contributed by atoms with van der Waals surface area (Å²) in [6, 6.07) is 17.6. The first kappa shape index (κ1) is 31.5. The van der Waals surface area contributed by atoms with Gasteiger partial charge < -0.3 is 26.0 Å². The summed E-state index contributed by atoms with van der Waals surface area (Å²) in [5.74, 6) is 0.610. The van der Waals surface area contributed by atoms with Gasteiger partial charge in [-0.2, -0.15) is 0 Å². The Balaban J connectivity index is 1.12. The summed E-state index contributed by atoms with van der Waals surface area (Å²) >= 11 is 8.38. The van der Waals surface area contributed by atoms with Gasteiger partial charge in [0, 0.05) is 50.0 Å². The number of nitrogens with one attached hydrogen (secondary N) is 2. The third-order valence-electron chi connectivity index (χ3n) is 7.58.